The lowest BCUT2D eigenvalue weighted by atomic mass is 10.2. The number of hydrogen-bond donors (Lipinski definition) is 1. The standard InChI is InChI=1S/C8H14O5S/c9-8(10)6-14(11,12)5-3-7-2-1-4-13-7/h7H,1-6H2,(H,9,10). The van der Waals surface area contributed by atoms with E-state index in [1.807, 2.05) is 0 Å². The van der Waals surface area contributed by atoms with Crippen molar-refractivity contribution in [2.75, 3.05) is 18.1 Å². The molecule has 0 aromatic rings. The molecule has 5 nitrogen and oxygen atoms in total. The van der Waals surface area contributed by atoms with Gasteiger partial charge in [0, 0.05) is 6.61 Å². The van der Waals surface area contributed by atoms with Crippen LogP contribution in [0.4, 0.5) is 0 Å². The molecule has 1 rings (SSSR count). The summed E-state index contributed by atoms with van der Waals surface area (Å²) in [5.74, 6) is -2.17. The highest BCUT2D eigenvalue weighted by molar-refractivity contribution is 7.92. The molecule has 0 saturated carbocycles. The number of carboxylic acid groups (broad SMARTS) is 1. The molecule has 0 aromatic heterocycles. The fourth-order valence-corrected chi connectivity index (χ4v) is 2.59. The minimum Gasteiger partial charge on any atom is -0.480 e. The van der Waals surface area contributed by atoms with E-state index >= 15 is 0 Å². The summed E-state index contributed by atoms with van der Waals surface area (Å²) >= 11 is 0. The summed E-state index contributed by atoms with van der Waals surface area (Å²) in [4.78, 5) is 10.2. The quantitative estimate of drug-likeness (QED) is 0.711. The maximum absolute atomic E-state index is 11.2. The Morgan fingerprint density at radius 3 is 2.71 bits per heavy atom. The van der Waals surface area contributed by atoms with E-state index in [1.165, 1.54) is 0 Å². The maximum Gasteiger partial charge on any atom is 0.318 e. The summed E-state index contributed by atoms with van der Waals surface area (Å²) in [6, 6.07) is 0. The molecular weight excluding hydrogens is 208 g/mol. The molecule has 1 fully saturated rings. The van der Waals surface area contributed by atoms with Gasteiger partial charge >= 0.3 is 5.97 Å². The lowest BCUT2D eigenvalue weighted by molar-refractivity contribution is -0.134. The molecular formula is C8H14O5S. The van der Waals surface area contributed by atoms with E-state index in [1.54, 1.807) is 0 Å². The molecule has 1 aliphatic rings. The first kappa shape index (κ1) is 11.5. The lowest BCUT2D eigenvalue weighted by Gasteiger charge is -2.08. The van der Waals surface area contributed by atoms with Crippen LogP contribution in [0.15, 0.2) is 0 Å². The Balaban J connectivity index is 2.32. The van der Waals surface area contributed by atoms with Crippen molar-refractivity contribution in [3.63, 3.8) is 0 Å². The molecule has 0 aromatic carbocycles. The van der Waals surface area contributed by atoms with Crippen LogP contribution in [-0.4, -0.2) is 43.7 Å². The fourth-order valence-electron chi connectivity index (χ4n) is 1.44. The van der Waals surface area contributed by atoms with Crippen LogP contribution in [0.2, 0.25) is 0 Å². The number of sulfone groups is 1. The third kappa shape index (κ3) is 4.06. The third-order valence-corrected chi connectivity index (χ3v) is 3.66. The second kappa shape index (κ2) is 4.75. The topological polar surface area (TPSA) is 80.7 Å². The highest BCUT2D eigenvalue weighted by atomic mass is 32.2. The minimum absolute atomic E-state index is 0.00132. The highest BCUT2D eigenvalue weighted by Crippen LogP contribution is 2.15. The largest absolute Gasteiger partial charge is 0.480 e. The van der Waals surface area contributed by atoms with Gasteiger partial charge in [-0.1, -0.05) is 0 Å². The van der Waals surface area contributed by atoms with Gasteiger partial charge in [-0.2, -0.15) is 0 Å². The molecule has 14 heavy (non-hydrogen) atoms. The predicted octanol–water partition coefficient (Wildman–Crippen LogP) is 0.0549. The molecule has 1 N–H and O–H groups in total. The fraction of sp³-hybridized carbons (Fsp3) is 0.875. The van der Waals surface area contributed by atoms with Crippen LogP contribution in [0.25, 0.3) is 0 Å². The predicted molar refractivity (Wildman–Crippen MR) is 49.9 cm³/mol. The van der Waals surface area contributed by atoms with Gasteiger partial charge in [0.15, 0.2) is 9.84 Å². The molecule has 1 aliphatic heterocycles. The number of hydrogen-bond acceptors (Lipinski definition) is 4. The van der Waals surface area contributed by atoms with Gasteiger partial charge in [0.05, 0.1) is 11.9 Å². The molecule has 1 atom stereocenters. The van der Waals surface area contributed by atoms with E-state index in [0.29, 0.717) is 13.0 Å². The van der Waals surface area contributed by atoms with Crippen molar-refractivity contribution in [3.05, 3.63) is 0 Å². The summed E-state index contributed by atoms with van der Waals surface area (Å²) in [5, 5.41) is 8.33. The van der Waals surface area contributed by atoms with Crippen LogP contribution in [0.5, 0.6) is 0 Å². The Morgan fingerprint density at radius 1 is 1.50 bits per heavy atom. The average Bonchev–Trinajstić information content (AvgIpc) is 2.50. The average molecular weight is 222 g/mol. The summed E-state index contributed by atoms with van der Waals surface area (Å²) in [5.41, 5.74) is 0. The maximum atomic E-state index is 11.2. The van der Waals surface area contributed by atoms with Gasteiger partial charge in [-0.15, -0.1) is 0 Å². The van der Waals surface area contributed by atoms with E-state index < -0.39 is 21.6 Å². The van der Waals surface area contributed by atoms with Crippen LogP contribution in [0.3, 0.4) is 0 Å². The van der Waals surface area contributed by atoms with Crippen molar-refractivity contribution in [2.45, 2.75) is 25.4 Å². The summed E-state index contributed by atoms with van der Waals surface area (Å²) in [6.07, 6.45) is 2.25. The highest BCUT2D eigenvalue weighted by Gasteiger charge is 2.21. The molecule has 0 aliphatic carbocycles. The number of ether oxygens (including phenoxy) is 1. The first-order valence-corrected chi connectivity index (χ1v) is 6.35. The van der Waals surface area contributed by atoms with Crippen molar-refractivity contribution in [2.24, 2.45) is 0 Å². The van der Waals surface area contributed by atoms with Gasteiger partial charge in [0.1, 0.15) is 5.75 Å². The Labute approximate surface area is 83.0 Å². The summed E-state index contributed by atoms with van der Waals surface area (Å²) < 4.78 is 27.6. The zero-order valence-electron chi connectivity index (χ0n) is 7.81. The van der Waals surface area contributed by atoms with Gasteiger partial charge in [-0.25, -0.2) is 8.42 Å². The van der Waals surface area contributed by atoms with E-state index in [0.717, 1.165) is 12.8 Å². The van der Waals surface area contributed by atoms with Crippen LogP contribution >= 0.6 is 0 Å². The minimum atomic E-state index is -3.45. The lowest BCUT2D eigenvalue weighted by Crippen LogP contribution is -2.21. The molecule has 0 amide bonds. The summed E-state index contributed by atoms with van der Waals surface area (Å²) in [6.45, 7) is 0.684. The Bertz CT molecular complexity index is 289. The van der Waals surface area contributed by atoms with Crippen LogP contribution < -0.4 is 0 Å². The zero-order valence-corrected chi connectivity index (χ0v) is 8.62. The van der Waals surface area contributed by atoms with E-state index in [9.17, 15) is 13.2 Å². The van der Waals surface area contributed by atoms with Crippen molar-refractivity contribution < 1.29 is 23.1 Å². The van der Waals surface area contributed by atoms with Gasteiger partial charge in [-0.3, -0.25) is 4.79 Å². The zero-order chi connectivity index (χ0) is 10.6. The van der Waals surface area contributed by atoms with Crippen molar-refractivity contribution in [1.82, 2.24) is 0 Å². The van der Waals surface area contributed by atoms with Gasteiger partial charge in [-0.05, 0) is 19.3 Å². The Morgan fingerprint density at radius 2 is 2.21 bits per heavy atom. The van der Waals surface area contributed by atoms with Gasteiger partial charge in [0.2, 0.25) is 0 Å². The van der Waals surface area contributed by atoms with Crippen molar-refractivity contribution >= 4 is 15.8 Å². The Hall–Kier alpha value is -0.620. The molecule has 0 spiro atoms. The second-order valence-corrected chi connectivity index (χ2v) is 5.59. The number of carboxylic acids is 1. The molecule has 0 bridgehead atoms. The van der Waals surface area contributed by atoms with Crippen molar-refractivity contribution in [3.8, 4) is 0 Å². The molecule has 1 heterocycles. The normalized spacial score (nSPS) is 22.4. The smallest absolute Gasteiger partial charge is 0.318 e. The Kier molecular flexibility index (Phi) is 3.88. The molecule has 6 heteroatoms. The van der Waals surface area contributed by atoms with E-state index in [-0.39, 0.29) is 11.9 Å². The van der Waals surface area contributed by atoms with Crippen LogP contribution in [-0.2, 0) is 19.4 Å². The first-order chi connectivity index (χ1) is 6.49. The first-order valence-electron chi connectivity index (χ1n) is 4.53. The SMILES string of the molecule is O=C(O)CS(=O)(=O)CCC1CCCO1. The summed E-state index contributed by atoms with van der Waals surface area (Å²) in [7, 11) is -3.45. The third-order valence-electron chi connectivity index (χ3n) is 2.12. The number of rotatable bonds is 5. The van der Waals surface area contributed by atoms with Gasteiger partial charge in [0.25, 0.3) is 0 Å². The second-order valence-electron chi connectivity index (χ2n) is 3.41. The van der Waals surface area contributed by atoms with Gasteiger partial charge < -0.3 is 9.84 Å². The van der Waals surface area contributed by atoms with Crippen LogP contribution in [0.1, 0.15) is 19.3 Å². The molecule has 82 valence electrons. The molecule has 1 unspecified atom stereocenters. The monoisotopic (exact) mass is 222 g/mol. The van der Waals surface area contributed by atoms with Crippen molar-refractivity contribution in [1.29, 1.82) is 0 Å². The van der Waals surface area contributed by atoms with E-state index in [4.69, 9.17) is 9.84 Å². The van der Waals surface area contributed by atoms with Crippen LogP contribution in [0, 0.1) is 0 Å². The molecule has 1 saturated heterocycles. The van der Waals surface area contributed by atoms with E-state index in [2.05, 4.69) is 0 Å². The number of carbonyl (C=O) groups is 1. The number of aliphatic carboxylic acids is 1. The molecule has 0 radical (unpaired) electrons.